The average Bonchev–Trinajstić information content (AvgIpc) is 3.08. The molecular formula is C20H29FN2O2. The number of allylic oxidation sites excluding steroid dienone is 5. The summed E-state index contributed by atoms with van der Waals surface area (Å²) in [5.41, 5.74) is 2.65. The molecule has 1 aliphatic carbocycles. The molecule has 0 bridgehead atoms. The van der Waals surface area contributed by atoms with E-state index in [4.69, 9.17) is 4.84 Å². The summed E-state index contributed by atoms with van der Waals surface area (Å²) in [6, 6.07) is 0.376. The smallest absolute Gasteiger partial charge is 0.226 e. The molecule has 2 aliphatic rings. The van der Waals surface area contributed by atoms with Gasteiger partial charge in [-0.15, -0.1) is 0 Å². The van der Waals surface area contributed by atoms with Gasteiger partial charge in [-0.25, -0.2) is 4.39 Å². The van der Waals surface area contributed by atoms with Crippen molar-refractivity contribution < 1.29 is 14.0 Å². The molecule has 25 heavy (non-hydrogen) atoms. The molecular weight excluding hydrogens is 319 g/mol. The van der Waals surface area contributed by atoms with Crippen LogP contribution in [-0.4, -0.2) is 35.7 Å². The van der Waals surface area contributed by atoms with Gasteiger partial charge >= 0.3 is 0 Å². The number of hydrogen-bond donors (Lipinski definition) is 0. The van der Waals surface area contributed by atoms with Crippen molar-refractivity contribution in [1.82, 2.24) is 4.90 Å². The molecule has 5 heteroatoms. The summed E-state index contributed by atoms with van der Waals surface area (Å²) < 4.78 is 12.1. The molecule has 0 N–H and O–H groups in total. The van der Waals surface area contributed by atoms with E-state index in [2.05, 4.69) is 5.16 Å². The van der Waals surface area contributed by atoms with Crippen molar-refractivity contribution in [3.8, 4) is 0 Å². The summed E-state index contributed by atoms with van der Waals surface area (Å²) in [5.74, 6) is 0.138. The Labute approximate surface area is 150 Å². The Kier molecular flexibility index (Phi) is 7.41. The minimum Gasteiger partial charge on any atom is -0.391 e. The fourth-order valence-corrected chi connectivity index (χ4v) is 3.29. The lowest BCUT2D eigenvalue weighted by Gasteiger charge is -2.31. The van der Waals surface area contributed by atoms with Crippen molar-refractivity contribution in [1.29, 1.82) is 0 Å². The van der Waals surface area contributed by atoms with Crippen molar-refractivity contribution in [3.63, 3.8) is 0 Å². The lowest BCUT2D eigenvalue weighted by Crippen LogP contribution is -2.39. The highest BCUT2D eigenvalue weighted by molar-refractivity contribution is 6.00. The van der Waals surface area contributed by atoms with E-state index in [1.807, 2.05) is 37.9 Å². The zero-order chi connectivity index (χ0) is 18.2. The van der Waals surface area contributed by atoms with E-state index in [0.717, 1.165) is 29.7 Å². The molecule has 1 fully saturated rings. The molecule has 0 aromatic rings. The van der Waals surface area contributed by atoms with Gasteiger partial charge in [0.05, 0.1) is 18.5 Å². The molecule has 0 aromatic carbocycles. The Morgan fingerprint density at radius 1 is 1.28 bits per heavy atom. The van der Waals surface area contributed by atoms with Crippen LogP contribution in [0.5, 0.6) is 0 Å². The van der Waals surface area contributed by atoms with Crippen molar-refractivity contribution in [2.24, 2.45) is 5.16 Å². The monoisotopic (exact) mass is 348 g/mol. The Bertz CT molecular complexity index is 587. The minimum absolute atomic E-state index is 0.138. The maximum absolute atomic E-state index is 12.5. The first-order valence-corrected chi connectivity index (χ1v) is 9.12. The molecule has 1 saturated carbocycles. The summed E-state index contributed by atoms with van der Waals surface area (Å²) in [6.07, 6.45) is 12.4. The highest BCUT2D eigenvalue weighted by Crippen LogP contribution is 2.24. The third-order valence-electron chi connectivity index (χ3n) is 5.03. The number of carbonyl (C=O) groups excluding carboxylic acids is 1. The quantitative estimate of drug-likeness (QED) is 0.654. The molecule has 0 saturated heterocycles. The molecule has 0 spiro atoms. The van der Waals surface area contributed by atoms with E-state index in [-0.39, 0.29) is 12.0 Å². The van der Waals surface area contributed by atoms with Crippen LogP contribution in [0.25, 0.3) is 0 Å². The van der Waals surface area contributed by atoms with Crippen LogP contribution in [0.15, 0.2) is 40.9 Å². The van der Waals surface area contributed by atoms with E-state index in [1.165, 1.54) is 25.3 Å². The standard InChI is InChI=1S/C20H29FN2O2/c1-15(11-12-21)9-10-16(2)19-13-18(25-22-19)14-20(24)23(3)17-7-5-4-6-8-17/h9-12,17-18H,4-8,13-14H2,1-3H3/b12-11+,15-9-,16-10+. The van der Waals surface area contributed by atoms with Crippen molar-refractivity contribution in [3.05, 3.63) is 35.7 Å². The van der Waals surface area contributed by atoms with Crippen LogP contribution >= 0.6 is 0 Å². The molecule has 138 valence electrons. The van der Waals surface area contributed by atoms with E-state index in [9.17, 15) is 9.18 Å². The Hall–Kier alpha value is -1.91. The van der Waals surface area contributed by atoms with Crippen LogP contribution in [0, 0.1) is 0 Å². The Balaban J connectivity index is 1.84. The first-order chi connectivity index (χ1) is 12.0. The topological polar surface area (TPSA) is 41.9 Å². The Morgan fingerprint density at radius 2 is 2.00 bits per heavy atom. The Morgan fingerprint density at radius 3 is 2.68 bits per heavy atom. The first kappa shape index (κ1) is 19.4. The maximum Gasteiger partial charge on any atom is 0.226 e. The van der Waals surface area contributed by atoms with Gasteiger partial charge in [0.25, 0.3) is 0 Å². The summed E-state index contributed by atoms with van der Waals surface area (Å²) in [4.78, 5) is 19.8. The van der Waals surface area contributed by atoms with Crippen molar-refractivity contribution in [2.75, 3.05) is 7.05 Å². The second-order valence-corrected chi connectivity index (χ2v) is 7.02. The number of carbonyl (C=O) groups is 1. The van der Waals surface area contributed by atoms with Crippen LogP contribution in [-0.2, 0) is 9.63 Å². The average molecular weight is 348 g/mol. The fourth-order valence-electron chi connectivity index (χ4n) is 3.29. The van der Waals surface area contributed by atoms with Gasteiger partial charge in [0, 0.05) is 19.5 Å². The highest BCUT2D eigenvalue weighted by atomic mass is 19.1. The van der Waals surface area contributed by atoms with E-state index < -0.39 is 0 Å². The van der Waals surface area contributed by atoms with Crippen LogP contribution < -0.4 is 0 Å². The molecule has 1 atom stereocenters. The van der Waals surface area contributed by atoms with Crippen molar-refractivity contribution >= 4 is 11.6 Å². The number of hydrogen-bond acceptors (Lipinski definition) is 3. The fraction of sp³-hybridized carbons (Fsp3) is 0.600. The van der Waals surface area contributed by atoms with Gasteiger partial charge in [0.1, 0.15) is 6.10 Å². The summed E-state index contributed by atoms with van der Waals surface area (Å²) in [6.45, 7) is 3.78. The van der Waals surface area contributed by atoms with E-state index in [1.54, 1.807) is 0 Å². The minimum atomic E-state index is -0.187. The number of rotatable bonds is 6. The molecule has 1 unspecified atom stereocenters. The van der Waals surface area contributed by atoms with Gasteiger partial charge < -0.3 is 9.74 Å². The zero-order valence-corrected chi connectivity index (χ0v) is 15.5. The predicted molar refractivity (Wildman–Crippen MR) is 98.9 cm³/mol. The highest BCUT2D eigenvalue weighted by Gasteiger charge is 2.28. The van der Waals surface area contributed by atoms with Gasteiger partial charge in [0.2, 0.25) is 5.91 Å². The number of amides is 1. The molecule has 1 aliphatic heterocycles. The lowest BCUT2D eigenvalue weighted by atomic mass is 9.94. The van der Waals surface area contributed by atoms with E-state index >= 15 is 0 Å². The van der Waals surface area contributed by atoms with Gasteiger partial charge in [-0.1, -0.05) is 36.6 Å². The second kappa shape index (κ2) is 9.54. The molecule has 2 rings (SSSR count). The number of halogens is 1. The third kappa shape index (κ3) is 5.83. The normalized spacial score (nSPS) is 22.9. The van der Waals surface area contributed by atoms with Gasteiger partial charge in [-0.2, -0.15) is 0 Å². The molecule has 4 nitrogen and oxygen atoms in total. The van der Waals surface area contributed by atoms with Crippen LogP contribution in [0.1, 0.15) is 58.8 Å². The SMILES string of the molecule is CC(=C/C=C(\C)C1=NOC(CC(=O)N(C)C2CCCCC2)C1)/C=C/F. The summed E-state index contributed by atoms with van der Waals surface area (Å²) in [7, 11) is 1.91. The summed E-state index contributed by atoms with van der Waals surface area (Å²) in [5, 5.41) is 4.12. The molecule has 1 amide bonds. The van der Waals surface area contributed by atoms with Crippen LogP contribution in [0.2, 0.25) is 0 Å². The van der Waals surface area contributed by atoms with Crippen LogP contribution in [0.3, 0.4) is 0 Å². The zero-order valence-electron chi connectivity index (χ0n) is 15.5. The largest absolute Gasteiger partial charge is 0.391 e. The lowest BCUT2D eigenvalue weighted by molar-refractivity contribution is -0.135. The predicted octanol–water partition coefficient (Wildman–Crippen LogP) is 4.69. The molecule has 1 heterocycles. The third-order valence-corrected chi connectivity index (χ3v) is 5.03. The van der Waals surface area contributed by atoms with E-state index in [0.29, 0.717) is 25.2 Å². The van der Waals surface area contributed by atoms with Gasteiger partial charge in [0.15, 0.2) is 0 Å². The molecule has 0 radical (unpaired) electrons. The molecule has 0 aromatic heterocycles. The van der Waals surface area contributed by atoms with Crippen molar-refractivity contribution in [2.45, 2.75) is 70.9 Å². The number of nitrogens with zero attached hydrogens (tertiary/aromatic N) is 2. The summed E-state index contributed by atoms with van der Waals surface area (Å²) >= 11 is 0. The van der Waals surface area contributed by atoms with Gasteiger partial charge in [-0.3, -0.25) is 4.79 Å². The van der Waals surface area contributed by atoms with Crippen LogP contribution in [0.4, 0.5) is 4.39 Å². The first-order valence-electron chi connectivity index (χ1n) is 9.12. The maximum atomic E-state index is 12.5. The number of oxime groups is 1. The second-order valence-electron chi connectivity index (χ2n) is 7.02. The van der Waals surface area contributed by atoms with Gasteiger partial charge in [-0.05, 0) is 43.9 Å².